The number of benzene rings is 2. The Morgan fingerprint density at radius 3 is 2.48 bits per heavy atom. The van der Waals surface area contributed by atoms with Gasteiger partial charge in [0.2, 0.25) is 0 Å². The number of carbonyl (C=O) groups is 1. The van der Waals surface area contributed by atoms with Crippen LogP contribution in [0.1, 0.15) is 15.9 Å². The Hall–Kier alpha value is -2.63. The summed E-state index contributed by atoms with van der Waals surface area (Å²) in [6.45, 7) is 0.145. The van der Waals surface area contributed by atoms with Crippen LogP contribution in [0.15, 0.2) is 36.4 Å². The van der Waals surface area contributed by atoms with Gasteiger partial charge in [-0.25, -0.2) is 8.78 Å². The SMILES string of the molecule is CN(Cc1ccccc1F)c1cc(C(N)=O)c(N)cc1F. The van der Waals surface area contributed by atoms with Crippen molar-refractivity contribution in [3.63, 3.8) is 0 Å². The van der Waals surface area contributed by atoms with Gasteiger partial charge in [0.15, 0.2) is 0 Å². The molecule has 0 heterocycles. The molecular formula is C15H15F2N3O. The molecule has 4 N–H and O–H groups in total. The summed E-state index contributed by atoms with van der Waals surface area (Å²) in [4.78, 5) is 12.7. The predicted molar refractivity (Wildman–Crippen MR) is 77.8 cm³/mol. The van der Waals surface area contributed by atoms with E-state index in [1.165, 1.54) is 17.0 Å². The van der Waals surface area contributed by atoms with Crippen LogP contribution in [0, 0.1) is 11.6 Å². The fourth-order valence-electron chi connectivity index (χ4n) is 2.05. The number of nitrogen functional groups attached to an aromatic ring is 1. The molecule has 6 heteroatoms. The number of amides is 1. The van der Waals surface area contributed by atoms with Gasteiger partial charge in [-0.1, -0.05) is 18.2 Å². The summed E-state index contributed by atoms with van der Waals surface area (Å²) in [7, 11) is 1.59. The van der Waals surface area contributed by atoms with E-state index in [1.807, 2.05) is 0 Å². The Morgan fingerprint density at radius 1 is 1.19 bits per heavy atom. The van der Waals surface area contributed by atoms with Gasteiger partial charge in [0.1, 0.15) is 11.6 Å². The molecule has 2 aromatic rings. The summed E-state index contributed by atoms with van der Waals surface area (Å²) >= 11 is 0. The van der Waals surface area contributed by atoms with Crippen LogP contribution in [-0.2, 0) is 6.54 Å². The van der Waals surface area contributed by atoms with E-state index in [0.717, 1.165) is 6.07 Å². The molecule has 0 radical (unpaired) electrons. The summed E-state index contributed by atoms with van der Waals surface area (Å²) in [5.41, 5.74) is 11.3. The van der Waals surface area contributed by atoms with E-state index in [1.54, 1.807) is 25.2 Å². The van der Waals surface area contributed by atoms with Gasteiger partial charge in [-0.2, -0.15) is 0 Å². The highest BCUT2D eigenvalue weighted by Gasteiger charge is 2.15. The molecule has 0 aliphatic carbocycles. The van der Waals surface area contributed by atoms with E-state index in [-0.39, 0.29) is 29.3 Å². The summed E-state index contributed by atoms with van der Waals surface area (Å²) in [6.07, 6.45) is 0. The Balaban J connectivity index is 2.35. The molecule has 0 aliphatic rings. The van der Waals surface area contributed by atoms with Crippen molar-refractivity contribution in [3.05, 3.63) is 59.2 Å². The number of anilines is 2. The van der Waals surface area contributed by atoms with Crippen molar-refractivity contribution in [3.8, 4) is 0 Å². The standard InChI is InChI=1S/C15H15F2N3O/c1-20(8-9-4-2-3-5-11(9)16)14-6-10(15(19)21)13(18)7-12(14)17/h2-7H,8,18H2,1H3,(H2,19,21). The van der Waals surface area contributed by atoms with Gasteiger partial charge in [-0.15, -0.1) is 0 Å². The molecule has 0 bridgehead atoms. The zero-order chi connectivity index (χ0) is 15.6. The van der Waals surface area contributed by atoms with Crippen molar-refractivity contribution >= 4 is 17.3 Å². The molecule has 1 amide bonds. The van der Waals surface area contributed by atoms with Crippen LogP contribution in [0.5, 0.6) is 0 Å². The van der Waals surface area contributed by atoms with Crippen LogP contribution in [0.4, 0.5) is 20.2 Å². The third-order valence-electron chi connectivity index (χ3n) is 3.16. The zero-order valence-electron chi connectivity index (χ0n) is 11.4. The second kappa shape index (κ2) is 5.78. The molecule has 0 aromatic heterocycles. The highest BCUT2D eigenvalue weighted by Crippen LogP contribution is 2.26. The lowest BCUT2D eigenvalue weighted by molar-refractivity contribution is 0.100. The molecule has 0 aliphatic heterocycles. The van der Waals surface area contributed by atoms with Crippen LogP contribution in [-0.4, -0.2) is 13.0 Å². The minimum atomic E-state index is -0.743. The summed E-state index contributed by atoms with van der Waals surface area (Å²) in [5, 5.41) is 0. The molecule has 0 spiro atoms. The maximum Gasteiger partial charge on any atom is 0.250 e. The van der Waals surface area contributed by atoms with Crippen LogP contribution < -0.4 is 16.4 Å². The van der Waals surface area contributed by atoms with Gasteiger partial charge in [-0.3, -0.25) is 4.79 Å². The smallest absolute Gasteiger partial charge is 0.250 e. The van der Waals surface area contributed by atoms with Crippen molar-refractivity contribution in [1.82, 2.24) is 0 Å². The second-order valence-corrected chi connectivity index (χ2v) is 4.70. The number of primary amides is 1. The van der Waals surface area contributed by atoms with Gasteiger partial charge in [0.25, 0.3) is 5.91 Å². The first-order valence-corrected chi connectivity index (χ1v) is 6.23. The van der Waals surface area contributed by atoms with E-state index >= 15 is 0 Å². The largest absolute Gasteiger partial charge is 0.398 e. The molecule has 2 aromatic carbocycles. The molecule has 0 saturated heterocycles. The van der Waals surface area contributed by atoms with Gasteiger partial charge in [0, 0.05) is 24.8 Å². The highest BCUT2D eigenvalue weighted by atomic mass is 19.1. The van der Waals surface area contributed by atoms with Crippen LogP contribution in [0.3, 0.4) is 0 Å². The molecular weight excluding hydrogens is 276 g/mol. The lowest BCUT2D eigenvalue weighted by Crippen LogP contribution is -2.21. The Labute approximate surface area is 121 Å². The number of halogens is 2. The lowest BCUT2D eigenvalue weighted by atomic mass is 10.1. The van der Waals surface area contributed by atoms with E-state index in [9.17, 15) is 13.6 Å². The summed E-state index contributed by atoms with van der Waals surface area (Å²) < 4.78 is 27.6. The van der Waals surface area contributed by atoms with E-state index in [0.29, 0.717) is 5.56 Å². The van der Waals surface area contributed by atoms with Crippen LogP contribution in [0.2, 0.25) is 0 Å². The molecule has 4 nitrogen and oxygen atoms in total. The normalized spacial score (nSPS) is 10.4. The second-order valence-electron chi connectivity index (χ2n) is 4.70. The van der Waals surface area contributed by atoms with Gasteiger partial charge in [0.05, 0.1) is 11.3 Å². The third kappa shape index (κ3) is 3.10. The number of nitrogens with two attached hydrogens (primary N) is 2. The topological polar surface area (TPSA) is 72.3 Å². The fraction of sp³-hybridized carbons (Fsp3) is 0.133. The molecule has 0 saturated carbocycles. The molecule has 0 unspecified atom stereocenters. The maximum atomic E-state index is 14.0. The van der Waals surface area contributed by atoms with E-state index in [4.69, 9.17) is 11.5 Å². The molecule has 0 atom stereocenters. The average Bonchev–Trinajstić information content (AvgIpc) is 2.40. The maximum absolute atomic E-state index is 14.0. The number of rotatable bonds is 4. The van der Waals surface area contributed by atoms with Crippen molar-refractivity contribution in [2.75, 3.05) is 17.7 Å². The fourth-order valence-corrected chi connectivity index (χ4v) is 2.05. The molecule has 21 heavy (non-hydrogen) atoms. The van der Waals surface area contributed by atoms with E-state index < -0.39 is 11.7 Å². The van der Waals surface area contributed by atoms with Gasteiger partial charge < -0.3 is 16.4 Å². The Morgan fingerprint density at radius 2 is 1.86 bits per heavy atom. The third-order valence-corrected chi connectivity index (χ3v) is 3.16. The first-order valence-electron chi connectivity index (χ1n) is 6.23. The number of hydrogen-bond donors (Lipinski definition) is 2. The predicted octanol–water partition coefficient (Wildman–Crippen LogP) is 2.28. The molecule has 2 rings (SSSR count). The number of hydrogen-bond acceptors (Lipinski definition) is 3. The van der Waals surface area contributed by atoms with Crippen molar-refractivity contribution in [1.29, 1.82) is 0 Å². The van der Waals surface area contributed by atoms with Crippen molar-refractivity contribution < 1.29 is 13.6 Å². The van der Waals surface area contributed by atoms with Gasteiger partial charge >= 0.3 is 0 Å². The average molecular weight is 291 g/mol. The summed E-state index contributed by atoms with van der Waals surface area (Å²) in [6, 6.07) is 8.52. The zero-order valence-corrected chi connectivity index (χ0v) is 11.4. The Kier molecular flexibility index (Phi) is 4.07. The Bertz CT molecular complexity index is 689. The van der Waals surface area contributed by atoms with Crippen molar-refractivity contribution in [2.24, 2.45) is 5.73 Å². The molecule has 110 valence electrons. The van der Waals surface area contributed by atoms with Crippen LogP contribution >= 0.6 is 0 Å². The van der Waals surface area contributed by atoms with E-state index in [2.05, 4.69) is 0 Å². The monoisotopic (exact) mass is 291 g/mol. The van der Waals surface area contributed by atoms with Gasteiger partial charge in [-0.05, 0) is 18.2 Å². The van der Waals surface area contributed by atoms with Crippen molar-refractivity contribution in [2.45, 2.75) is 6.54 Å². The number of nitrogens with zero attached hydrogens (tertiary/aromatic N) is 1. The first kappa shape index (κ1) is 14.8. The summed E-state index contributed by atoms with van der Waals surface area (Å²) in [5.74, 6) is -1.72. The number of carbonyl (C=O) groups excluding carboxylic acids is 1. The highest BCUT2D eigenvalue weighted by molar-refractivity contribution is 5.99. The minimum absolute atomic E-state index is 0.0250. The first-order chi connectivity index (χ1) is 9.90. The quantitative estimate of drug-likeness (QED) is 0.849. The minimum Gasteiger partial charge on any atom is -0.398 e. The lowest BCUT2D eigenvalue weighted by Gasteiger charge is -2.21. The molecule has 0 fully saturated rings. The van der Waals surface area contributed by atoms with Crippen LogP contribution in [0.25, 0.3) is 0 Å².